The second-order valence-electron chi connectivity index (χ2n) is 5.25. The number of fused-ring (bicyclic) bond motifs is 1. The van der Waals surface area contributed by atoms with Gasteiger partial charge in [-0.3, -0.25) is 0 Å². The summed E-state index contributed by atoms with van der Waals surface area (Å²) in [7, 11) is 0. The summed E-state index contributed by atoms with van der Waals surface area (Å²) >= 11 is 1.66. The highest BCUT2D eigenvalue weighted by atomic mass is 32.1. The van der Waals surface area contributed by atoms with Gasteiger partial charge < -0.3 is 5.73 Å². The first-order valence-electron chi connectivity index (χ1n) is 6.70. The van der Waals surface area contributed by atoms with Crippen LogP contribution >= 0.6 is 11.3 Å². The molecule has 98 valence electrons. The van der Waals surface area contributed by atoms with Gasteiger partial charge in [0.25, 0.3) is 0 Å². The molecule has 5 nitrogen and oxygen atoms in total. The number of aryl methyl sites for hydroxylation is 1. The zero-order valence-electron chi connectivity index (χ0n) is 10.7. The van der Waals surface area contributed by atoms with Crippen molar-refractivity contribution in [3.05, 3.63) is 10.8 Å². The minimum atomic E-state index is 0.279. The normalized spacial score (nSPS) is 18.1. The summed E-state index contributed by atoms with van der Waals surface area (Å²) in [5, 5.41) is 14.3. The van der Waals surface area contributed by atoms with Gasteiger partial charge in [-0.2, -0.15) is 9.61 Å². The quantitative estimate of drug-likeness (QED) is 0.899. The van der Waals surface area contributed by atoms with Crippen LogP contribution in [0, 0.1) is 0 Å². The molecule has 0 radical (unpaired) electrons. The van der Waals surface area contributed by atoms with Crippen LogP contribution < -0.4 is 5.73 Å². The van der Waals surface area contributed by atoms with Gasteiger partial charge in [-0.15, -0.1) is 10.2 Å². The summed E-state index contributed by atoms with van der Waals surface area (Å²) in [4.78, 5) is 0.938. The molecule has 1 aliphatic rings. The summed E-state index contributed by atoms with van der Waals surface area (Å²) < 4.78 is 1.95. The summed E-state index contributed by atoms with van der Waals surface area (Å²) in [5.74, 6) is 1.64. The van der Waals surface area contributed by atoms with Crippen LogP contribution in [-0.2, 0) is 6.42 Å². The molecule has 0 bridgehead atoms. The van der Waals surface area contributed by atoms with E-state index in [4.69, 9.17) is 5.73 Å². The van der Waals surface area contributed by atoms with Crippen molar-refractivity contribution in [2.45, 2.75) is 57.4 Å². The maximum Gasteiger partial charge on any atom is 0.234 e. The van der Waals surface area contributed by atoms with Gasteiger partial charge in [0, 0.05) is 18.4 Å². The van der Waals surface area contributed by atoms with Crippen molar-refractivity contribution in [2.75, 3.05) is 0 Å². The lowest BCUT2D eigenvalue weighted by Gasteiger charge is -2.22. The molecule has 2 aromatic heterocycles. The molecule has 0 aliphatic heterocycles. The fourth-order valence-corrected chi connectivity index (χ4v) is 3.15. The van der Waals surface area contributed by atoms with Gasteiger partial charge in [-0.1, -0.05) is 17.8 Å². The Morgan fingerprint density at radius 3 is 2.94 bits per heavy atom. The lowest BCUT2D eigenvalue weighted by Crippen LogP contribution is -2.14. The van der Waals surface area contributed by atoms with Gasteiger partial charge in [0.05, 0.1) is 0 Å². The van der Waals surface area contributed by atoms with Crippen LogP contribution in [0.15, 0.2) is 0 Å². The maximum absolute atomic E-state index is 5.76. The van der Waals surface area contributed by atoms with E-state index >= 15 is 0 Å². The number of nitrogens with zero attached hydrogens (tertiary/aromatic N) is 4. The molecule has 6 heteroatoms. The third-order valence-electron chi connectivity index (χ3n) is 3.58. The van der Waals surface area contributed by atoms with Crippen LogP contribution in [0.3, 0.4) is 0 Å². The fourth-order valence-electron chi connectivity index (χ4n) is 2.27. The van der Waals surface area contributed by atoms with E-state index in [1.54, 1.807) is 11.3 Å². The fraction of sp³-hybridized carbons (Fsp3) is 0.750. The molecule has 0 aromatic carbocycles. The molecule has 2 N–H and O–H groups in total. The van der Waals surface area contributed by atoms with Gasteiger partial charge in [-0.05, 0) is 32.6 Å². The predicted molar refractivity (Wildman–Crippen MR) is 71.8 cm³/mol. The van der Waals surface area contributed by atoms with Gasteiger partial charge in [0.1, 0.15) is 5.01 Å². The Bertz CT molecular complexity index is 526. The minimum Gasteiger partial charge on any atom is -0.328 e. The van der Waals surface area contributed by atoms with Crippen molar-refractivity contribution in [1.29, 1.82) is 0 Å². The SMILES string of the molecule is CC(N)CCCc1nn2c(C3CCC3)nnc2s1. The Hall–Kier alpha value is -1.01. The van der Waals surface area contributed by atoms with Crippen LogP contribution in [0.2, 0.25) is 0 Å². The number of hydrogen-bond acceptors (Lipinski definition) is 5. The molecule has 18 heavy (non-hydrogen) atoms. The zero-order valence-corrected chi connectivity index (χ0v) is 11.5. The van der Waals surface area contributed by atoms with E-state index in [1.807, 2.05) is 11.4 Å². The zero-order chi connectivity index (χ0) is 12.5. The number of rotatable bonds is 5. The van der Waals surface area contributed by atoms with E-state index < -0.39 is 0 Å². The Balaban J connectivity index is 1.72. The van der Waals surface area contributed by atoms with E-state index in [9.17, 15) is 0 Å². The van der Waals surface area contributed by atoms with E-state index in [0.717, 1.165) is 35.1 Å². The minimum absolute atomic E-state index is 0.279. The van der Waals surface area contributed by atoms with E-state index in [2.05, 4.69) is 15.3 Å². The number of hydrogen-bond donors (Lipinski definition) is 1. The number of nitrogens with two attached hydrogens (primary N) is 1. The predicted octanol–water partition coefficient (Wildman–Crippen LogP) is 2.12. The summed E-state index contributed by atoms with van der Waals surface area (Å²) in [6.45, 7) is 2.05. The van der Waals surface area contributed by atoms with Crippen LogP contribution in [0.5, 0.6) is 0 Å². The Kier molecular flexibility index (Phi) is 3.30. The van der Waals surface area contributed by atoms with E-state index in [1.165, 1.54) is 19.3 Å². The first kappa shape index (κ1) is 12.0. The molecule has 0 spiro atoms. The molecule has 3 rings (SSSR count). The van der Waals surface area contributed by atoms with Gasteiger partial charge >= 0.3 is 0 Å². The van der Waals surface area contributed by atoms with Crippen molar-refractivity contribution < 1.29 is 0 Å². The highest BCUT2D eigenvalue weighted by Gasteiger charge is 2.26. The highest BCUT2D eigenvalue weighted by molar-refractivity contribution is 7.16. The molecule has 1 atom stereocenters. The van der Waals surface area contributed by atoms with Crippen LogP contribution in [0.25, 0.3) is 4.96 Å². The third kappa shape index (κ3) is 2.27. The Morgan fingerprint density at radius 2 is 2.28 bits per heavy atom. The summed E-state index contributed by atoms with van der Waals surface area (Å²) in [6, 6.07) is 0.279. The van der Waals surface area contributed by atoms with Gasteiger partial charge in [0.15, 0.2) is 5.82 Å². The van der Waals surface area contributed by atoms with Gasteiger partial charge in [-0.25, -0.2) is 0 Å². The van der Waals surface area contributed by atoms with Crippen molar-refractivity contribution >= 4 is 16.3 Å². The maximum atomic E-state index is 5.76. The Morgan fingerprint density at radius 1 is 1.44 bits per heavy atom. The second-order valence-corrected chi connectivity index (χ2v) is 6.29. The van der Waals surface area contributed by atoms with Crippen LogP contribution in [0.1, 0.15) is 55.8 Å². The average Bonchev–Trinajstić information content (AvgIpc) is 2.77. The molecule has 1 fully saturated rings. The largest absolute Gasteiger partial charge is 0.328 e. The smallest absolute Gasteiger partial charge is 0.234 e. The molecule has 1 aliphatic carbocycles. The standard InChI is InChI=1S/C12H19N5S/c1-8(13)4-2-7-10-16-17-11(9-5-3-6-9)14-15-12(17)18-10/h8-9H,2-7,13H2,1H3. The topological polar surface area (TPSA) is 69.1 Å². The lowest BCUT2D eigenvalue weighted by atomic mass is 9.85. The molecule has 2 aromatic rings. The first-order chi connectivity index (χ1) is 8.74. The Labute approximate surface area is 110 Å². The molecule has 0 saturated heterocycles. The van der Waals surface area contributed by atoms with Crippen LogP contribution in [-0.4, -0.2) is 25.9 Å². The molecule has 2 heterocycles. The number of aromatic nitrogens is 4. The van der Waals surface area contributed by atoms with Crippen molar-refractivity contribution in [2.24, 2.45) is 5.73 Å². The monoisotopic (exact) mass is 265 g/mol. The summed E-state index contributed by atoms with van der Waals surface area (Å²) in [6.07, 6.45) is 6.93. The highest BCUT2D eigenvalue weighted by Crippen LogP contribution is 2.35. The van der Waals surface area contributed by atoms with Crippen molar-refractivity contribution in [1.82, 2.24) is 19.8 Å². The van der Waals surface area contributed by atoms with Gasteiger partial charge in [0.2, 0.25) is 4.96 Å². The van der Waals surface area contributed by atoms with Crippen molar-refractivity contribution in [3.8, 4) is 0 Å². The molecular weight excluding hydrogens is 246 g/mol. The summed E-state index contributed by atoms with van der Waals surface area (Å²) in [5.41, 5.74) is 5.76. The van der Waals surface area contributed by atoms with Crippen LogP contribution in [0.4, 0.5) is 0 Å². The average molecular weight is 265 g/mol. The van der Waals surface area contributed by atoms with E-state index in [0.29, 0.717) is 5.92 Å². The van der Waals surface area contributed by atoms with Crippen molar-refractivity contribution in [3.63, 3.8) is 0 Å². The molecule has 1 unspecified atom stereocenters. The first-order valence-corrected chi connectivity index (χ1v) is 7.52. The molecular formula is C12H19N5S. The molecule has 0 amide bonds. The molecule has 1 saturated carbocycles. The third-order valence-corrected chi connectivity index (χ3v) is 4.54. The van der Waals surface area contributed by atoms with E-state index in [-0.39, 0.29) is 6.04 Å². The second kappa shape index (κ2) is 4.93. The lowest BCUT2D eigenvalue weighted by molar-refractivity contribution is 0.395.